The van der Waals surface area contributed by atoms with Crippen LogP contribution in [0, 0.1) is 0 Å². The summed E-state index contributed by atoms with van der Waals surface area (Å²) in [6.07, 6.45) is 0.471. The minimum Gasteiger partial charge on any atom is -0.383 e. The Morgan fingerprint density at radius 3 is 2.52 bits per heavy atom. The van der Waals surface area contributed by atoms with Crippen LogP contribution in [0.2, 0.25) is 0 Å². The third-order valence-electron chi connectivity index (χ3n) is 3.76. The molecule has 1 fully saturated rings. The number of hydrogen-bond donors (Lipinski definition) is 2. The molecule has 6 nitrogen and oxygen atoms in total. The highest BCUT2D eigenvalue weighted by molar-refractivity contribution is 5.78. The first kappa shape index (κ1) is 18.4. The summed E-state index contributed by atoms with van der Waals surface area (Å²) >= 11 is 0. The van der Waals surface area contributed by atoms with Gasteiger partial charge in [-0.2, -0.15) is 0 Å². The van der Waals surface area contributed by atoms with E-state index >= 15 is 0 Å². The highest BCUT2D eigenvalue weighted by Gasteiger charge is 2.33. The summed E-state index contributed by atoms with van der Waals surface area (Å²) in [5.74, 6) is 0.0218. The summed E-state index contributed by atoms with van der Waals surface area (Å²) in [5.41, 5.74) is -0.0749. The smallest absolute Gasteiger partial charge is 0.234 e. The summed E-state index contributed by atoms with van der Waals surface area (Å²) in [6.45, 7) is 12.6. The Bertz CT molecular complexity index is 313. The maximum absolute atomic E-state index is 11.8. The predicted molar refractivity (Wildman–Crippen MR) is 83.4 cm³/mol. The lowest BCUT2D eigenvalue weighted by molar-refractivity contribution is -0.122. The first-order valence-corrected chi connectivity index (χ1v) is 7.72. The van der Waals surface area contributed by atoms with Gasteiger partial charge in [0.05, 0.1) is 25.4 Å². The molecule has 1 saturated heterocycles. The number of methoxy groups -OCH3 is 1. The summed E-state index contributed by atoms with van der Waals surface area (Å²) < 4.78 is 10.7. The van der Waals surface area contributed by atoms with Gasteiger partial charge in [-0.15, -0.1) is 0 Å². The van der Waals surface area contributed by atoms with Gasteiger partial charge in [0.1, 0.15) is 0 Å². The second-order valence-corrected chi connectivity index (χ2v) is 6.42. The fraction of sp³-hybridized carbons (Fsp3) is 0.933. The summed E-state index contributed by atoms with van der Waals surface area (Å²) in [4.78, 5) is 14.2. The van der Waals surface area contributed by atoms with Crippen LogP contribution >= 0.6 is 0 Å². The Morgan fingerprint density at radius 2 is 1.95 bits per heavy atom. The van der Waals surface area contributed by atoms with Gasteiger partial charge >= 0.3 is 0 Å². The van der Waals surface area contributed by atoms with Crippen molar-refractivity contribution in [3.05, 3.63) is 0 Å². The molecule has 0 aromatic carbocycles. The third-order valence-corrected chi connectivity index (χ3v) is 3.76. The van der Waals surface area contributed by atoms with E-state index in [1.54, 1.807) is 7.11 Å². The standard InChI is InChI=1S/C15H31N3O3/c1-12-9-18(10-13(2)21-12)15(3,4)11-17-14(19)8-16-6-7-20-5/h12-13,16H,6-11H2,1-5H3,(H,17,19). The van der Waals surface area contributed by atoms with E-state index in [4.69, 9.17) is 9.47 Å². The molecule has 0 aromatic rings. The van der Waals surface area contributed by atoms with Crippen molar-refractivity contribution < 1.29 is 14.3 Å². The van der Waals surface area contributed by atoms with Gasteiger partial charge in [0.2, 0.25) is 5.91 Å². The molecular formula is C15H31N3O3. The van der Waals surface area contributed by atoms with Crippen LogP contribution in [0.25, 0.3) is 0 Å². The van der Waals surface area contributed by atoms with Crippen molar-refractivity contribution in [3.8, 4) is 0 Å². The maximum Gasteiger partial charge on any atom is 0.234 e. The molecule has 21 heavy (non-hydrogen) atoms. The molecule has 0 spiro atoms. The summed E-state index contributed by atoms with van der Waals surface area (Å²) in [6, 6.07) is 0. The number of amides is 1. The molecule has 1 amide bonds. The van der Waals surface area contributed by atoms with Gasteiger partial charge in [0.25, 0.3) is 0 Å². The third kappa shape index (κ3) is 6.74. The van der Waals surface area contributed by atoms with Crippen LogP contribution in [-0.2, 0) is 14.3 Å². The number of morpholine rings is 1. The molecule has 124 valence electrons. The second kappa shape index (κ2) is 8.68. The van der Waals surface area contributed by atoms with E-state index in [2.05, 4.69) is 43.2 Å². The van der Waals surface area contributed by atoms with Crippen molar-refractivity contribution in [1.29, 1.82) is 0 Å². The Balaban J connectivity index is 2.32. The Labute approximate surface area is 128 Å². The second-order valence-electron chi connectivity index (χ2n) is 6.42. The van der Waals surface area contributed by atoms with Crippen LogP contribution < -0.4 is 10.6 Å². The molecule has 1 aliphatic rings. The predicted octanol–water partition coefficient (Wildman–Crippen LogP) is 0.226. The first-order valence-electron chi connectivity index (χ1n) is 7.72. The van der Waals surface area contributed by atoms with Gasteiger partial charge in [0, 0.05) is 38.8 Å². The molecule has 1 aliphatic heterocycles. The number of hydrogen-bond acceptors (Lipinski definition) is 5. The maximum atomic E-state index is 11.8. The number of nitrogens with one attached hydrogen (secondary N) is 2. The number of carbonyl (C=O) groups is 1. The van der Waals surface area contributed by atoms with Crippen molar-refractivity contribution in [1.82, 2.24) is 15.5 Å². The minimum atomic E-state index is -0.0749. The van der Waals surface area contributed by atoms with Crippen molar-refractivity contribution in [3.63, 3.8) is 0 Å². The molecule has 6 heteroatoms. The lowest BCUT2D eigenvalue weighted by Crippen LogP contribution is -2.59. The average molecular weight is 301 g/mol. The molecule has 1 rings (SSSR count). The first-order chi connectivity index (χ1) is 9.85. The number of rotatable bonds is 8. The molecule has 2 atom stereocenters. The average Bonchev–Trinajstić information content (AvgIpc) is 2.40. The fourth-order valence-corrected chi connectivity index (χ4v) is 2.54. The van der Waals surface area contributed by atoms with Gasteiger partial charge in [-0.05, 0) is 27.7 Å². The Kier molecular flexibility index (Phi) is 7.59. The van der Waals surface area contributed by atoms with E-state index in [9.17, 15) is 4.79 Å². The van der Waals surface area contributed by atoms with Crippen LogP contribution in [0.1, 0.15) is 27.7 Å². The Hall–Kier alpha value is -0.690. The van der Waals surface area contributed by atoms with E-state index in [0.29, 0.717) is 26.2 Å². The molecule has 0 aromatic heterocycles. The van der Waals surface area contributed by atoms with Gasteiger partial charge in [-0.1, -0.05) is 0 Å². The zero-order valence-corrected chi connectivity index (χ0v) is 14.1. The van der Waals surface area contributed by atoms with Crippen molar-refractivity contribution >= 4 is 5.91 Å². The summed E-state index contributed by atoms with van der Waals surface area (Å²) in [7, 11) is 1.65. The normalized spacial score (nSPS) is 24.0. The largest absolute Gasteiger partial charge is 0.383 e. The van der Waals surface area contributed by atoms with Gasteiger partial charge in [0.15, 0.2) is 0 Å². The van der Waals surface area contributed by atoms with Crippen LogP contribution in [0.4, 0.5) is 0 Å². The van der Waals surface area contributed by atoms with Crippen LogP contribution in [0.15, 0.2) is 0 Å². The molecule has 0 radical (unpaired) electrons. The zero-order chi connectivity index (χ0) is 15.9. The fourth-order valence-electron chi connectivity index (χ4n) is 2.54. The lowest BCUT2D eigenvalue weighted by Gasteiger charge is -2.45. The van der Waals surface area contributed by atoms with Crippen molar-refractivity contribution in [2.24, 2.45) is 0 Å². The monoisotopic (exact) mass is 301 g/mol. The number of ether oxygens (including phenoxy) is 2. The number of carbonyl (C=O) groups excluding carboxylic acids is 1. The quantitative estimate of drug-likeness (QED) is 0.628. The van der Waals surface area contributed by atoms with Gasteiger partial charge < -0.3 is 20.1 Å². The van der Waals surface area contributed by atoms with E-state index in [1.807, 2.05) is 0 Å². The molecular weight excluding hydrogens is 270 g/mol. The van der Waals surface area contributed by atoms with Crippen LogP contribution in [-0.4, -0.2) is 75.0 Å². The molecule has 2 N–H and O–H groups in total. The minimum absolute atomic E-state index is 0.0218. The highest BCUT2D eigenvalue weighted by atomic mass is 16.5. The number of nitrogens with zero attached hydrogens (tertiary/aromatic N) is 1. The lowest BCUT2D eigenvalue weighted by atomic mass is 10.00. The van der Waals surface area contributed by atoms with E-state index in [1.165, 1.54) is 0 Å². The summed E-state index contributed by atoms with van der Waals surface area (Å²) in [5, 5.41) is 6.05. The molecule has 0 aliphatic carbocycles. The Morgan fingerprint density at radius 1 is 1.33 bits per heavy atom. The topological polar surface area (TPSA) is 62.8 Å². The highest BCUT2D eigenvalue weighted by Crippen LogP contribution is 2.20. The van der Waals surface area contributed by atoms with E-state index in [0.717, 1.165) is 13.1 Å². The van der Waals surface area contributed by atoms with Gasteiger partial charge in [-0.25, -0.2) is 0 Å². The van der Waals surface area contributed by atoms with E-state index in [-0.39, 0.29) is 23.7 Å². The molecule has 2 unspecified atom stereocenters. The van der Waals surface area contributed by atoms with Crippen molar-refractivity contribution in [2.45, 2.75) is 45.4 Å². The zero-order valence-electron chi connectivity index (χ0n) is 14.1. The molecule has 0 bridgehead atoms. The van der Waals surface area contributed by atoms with Crippen LogP contribution in [0.3, 0.4) is 0 Å². The van der Waals surface area contributed by atoms with E-state index < -0.39 is 0 Å². The van der Waals surface area contributed by atoms with Gasteiger partial charge in [-0.3, -0.25) is 9.69 Å². The molecule has 0 saturated carbocycles. The van der Waals surface area contributed by atoms with Crippen LogP contribution in [0.5, 0.6) is 0 Å². The SMILES string of the molecule is COCCNCC(=O)NCC(C)(C)N1CC(C)OC(C)C1. The molecule has 1 heterocycles. The van der Waals surface area contributed by atoms with Crippen molar-refractivity contribution in [2.75, 3.05) is 46.4 Å².